The number of nitriles is 1. The third-order valence-corrected chi connectivity index (χ3v) is 4.42. The van der Waals surface area contributed by atoms with Gasteiger partial charge in [-0.15, -0.1) is 5.10 Å². The summed E-state index contributed by atoms with van der Waals surface area (Å²) in [5.41, 5.74) is 2.10. The lowest BCUT2D eigenvalue weighted by Gasteiger charge is -2.38. The molecule has 0 amide bonds. The quantitative estimate of drug-likeness (QED) is 0.931. The average Bonchev–Trinajstić information content (AvgIpc) is 2.93. The first-order valence-electron chi connectivity index (χ1n) is 8.05. The van der Waals surface area contributed by atoms with Crippen molar-refractivity contribution in [3.05, 3.63) is 30.0 Å². The van der Waals surface area contributed by atoms with Crippen LogP contribution in [0.2, 0.25) is 0 Å². The van der Waals surface area contributed by atoms with Gasteiger partial charge in [-0.05, 0) is 42.7 Å². The van der Waals surface area contributed by atoms with Gasteiger partial charge in [-0.2, -0.15) is 5.26 Å². The minimum atomic E-state index is 0.233. The lowest BCUT2D eigenvalue weighted by atomic mass is 9.71. The summed E-state index contributed by atoms with van der Waals surface area (Å²) in [6, 6.07) is 9.81. The van der Waals surface area contributed by atoms with Gasteiger partial charge < -0.3 is 4.74 Å². The molecular formula is C18H22N4O. The molecule has 5 heteroatoms. The number of nitrogens with zero attached hydrogens (tertiary/aromatic N) is 3. The zero-order valence-electron chi connectivity index (χ0n) is 13.8. The third kappa shape index (κ3) is 3.53. The molecular weight excluding hydrogens is 288 g/mol. The minimum absolute atomic E-state index is 0.233. The van der Waals surface area contributed by atoms with Gasteiger partial charge in [0.2, 0.25) is 0 Å². The zero-order valence-corrected chi connectivity index (χ0v) is 13.8. The van der Waals surface area contributed by atoms with Crippen molar-refractivity contribution in [2.75, 3.05) is 0 Å². The molecule has 5 nitrogen and oxygen atoms in total. The summed E-state index contributed by atoms with van der Waals surface area (Å²) in [4.78, 5) is 0. The van der Waals surface area contributed by atoms with Gasteiger partial charge in [0.1, 0.15) is 17.5 Å². The SMILES string of the molecule is C[C@@H]1CC(Oc2cccc(-c3nn[nH]c3C#N)c2)CC(C)(C)C1. The largest absolute Gasteiger partial charge is 0.490 e. The van der Waals surface area contributed by atoms with E-state index in [2.05, 4.69) is 42.3 Å². The van der Waals surface area contributed by atoms with E-state index in [0.717, 1.165) is 24.2 Å². The average molecular weight is 310 g/mol. The van der Waals surface area contributed by atoms with E-state index in [0.29, 0.717) is 22.7 Å². The summed E-state index contributed by atoms with van der Waals surface area (Å²) in [5.74, 6) is 1.50. The van der Waals surface area contributed by atoms with Crippen LogP contribution in [0.5, 0.6) is 5.75 Å². The van der Waals surface area contributed by atoms with E-state index in [-0.39, 0.29) is 6.10 Å². The Labute approximate surface area is 136 Å². The maximum absolute atomic E-state index is 9.09. The second-order valence-corrected chi connectivity index (χ2v) is 7.33. The van der Waals surface area contributed by atoms with E-state index in [1.807, 2.05) is 24.3 Å². The number of nitrogens with one attached hydrogen (secondary N) is 1. The first-order valence-corrected chi connectivity index (χ1v) is 8.05. The maximum Gasteiger partial charge on any atom is 0.163 e. The van der Waals surface area contributed by atoms with E-state index in [4.69, 9.17) is 10.00 Å². The third-order valence-electron chi connectivity index (χ3n) is 4.42. The molecule has 1 aromatic carbocycles. The van der Waals surface area contributed by atoms with E-state index < -0.39 is 0 Å². The molecule has 120 valence electrons. The molecule has 1 saturated carbocycles. The molecule has 0 saturated heterocycles. The molecule has 2 atom stereocenters. The second-order valence-electron chi connectivity index (χ2n) is 7.33. The van der Waals surface area contributed by atoms with E-state index in [1.165, 1.54) is 6.42 Å². The van der Waals surface area contributed by atoms with Crippen molar-refractivity contribution in [1.82, 2.24) is 15.4 Å². The Hall–Kier alpha value is -2.35. The highest BCUT2D eigenvalue weighted by Crippen LogP contribution is 2.40. The van der Waals surface area contributed by atoms with Gasteiger partial charge in [-0.1, -0.05) is 38.1 Å². The summed E-state index contributed by atoms with van der Waals surface area (Å²) in [5, 5.41) is 19.4. The van der Waals surface area contributed by atoms with Crippen molar-refractivity contribution in [3.63, 3.8) is 0 Å². The minimum Gasteiger partial charge on any atom is -0.490 e. The van der Waals surface area contributed by atoms with Gasteiger partial charge in [0.05, 0.1) is 6.10 Å². The van der Waals surface area contributed by atoms with Crippen LogP contribution in [-0.2, 0) is 0 Å². The Balaban J connectivity index is 1.80. The highest BCUT2D eigenvalue weighted by molar-refractivity contribution is 5.65. The van der Waals surface area contributed by atoms with Gasteiger partial charge >= 0.3 is 0 Å². The molecule has 0 bridgehead atoms. The first-order chi connectivity index (χ1) is 11.0. The number of aromatic amines is 1. The molecule has 2 aromatic rings. The van der Waals surface area contributed by atoms with Crippen LogP contribution in [0.15, 0.2) is 24.3 Å². The molecule has 1 unspecified atom stereocenters. The van der Waals surface area contributed by atoms with Gasteiger partial charge in [-0.25, -0.2) is 5.10 Å². The van der Waals surface area contributed by atoms with Gasteiger partial charge in [0.15, 0.2) is 5.69 Å². The Morgan fingerprint density at radius 2 is 2.17 bits per heavy atom. The van der Waals surface area contributed by atoms with Crippen LogP contribution in [0, 0.1) is 22.7 Å². The van der Waals surface area contributed by atoms with Gasteiger partial charge in [0, 0.05) is 5.56 Å². The summed E-state index contributed by atoms with van der Waals surface area (Å²) in [7, 11) is 0. The fraction of sp³-hybridized carbons (Fsp3) is 0.500. The van der Waals surface area contributed by atoms with Crippen molar-refractivity contribution < 1.29 is 4.74 Å². The summed E-state index contributed by atoms with van der Waals surface area (Å²) in [6.07, 6.45) is 3.63. The number of ether oxygens (including phenoxy) is 1. The molecule has 1 fully saturated rings. The van der Waals surface area contributed by atoms with Crippen LogP contribution >= 0.6 is 0 Å². The summed E-state index contributed by atoms with van der Waals surface area (Å²) >= 11 is 0. The van der Waals surface area contributed by atoms with Crippen LogP contribution in [0.1, 0.15) is 45.7 Å². The number of rotatable bonds is 3. The van der Waals surface area contributed by atoms with Crippen molar-refractivity contribution in [1.29, 1.82) is 5.26 Å². The molecule has 1 aliphatic carbocycles. The zero-order chi connectivity index (χ0) is 16.4. The van der Waals surface area contributed by atoms with Gasteiger partial charge in [-0.3, -0.25) is 0 Å². The van der Waals surface area contributed by atoms with Crippen molar-refractivity contribution in [3.8, 4) is 23.1 Å². The number of H-pyrrole nitrogens is 1. The van der Waals surface area contributed by atoms with E-state index in [9.17, 15) is 0 Å². The fourth-order valence-corrected chi connectivity index (χ4v) is 3.77. The first kappa shape index (κ1) is 15.5. The van der Waals surface area contributed by atoms with Crippen LogP contribution < -0.4 is 4.74 Å². The topological polar surface area (TPSA) is 74.6 Å². The second kappa shape index (κ2) is 6.04. The van der Waals surface area contributed by atoms with Crippen molar-refractivity contribution >= 4 is 0 Å². The summed E-state index contributed by atoms with van der Waals surface area (Å²) in [6.45, 7) is 6.91. The molecule has 1 aliphatic rings. The molecule has 0 spiro atoms. The Bertz CT molecular complexity index is 729. The van der Waals surface area contributed by atoms with Crippen LogP contribution in [-0.4, -0.2) is 21.5 Å². The number of benzene rings is 1. The molecule has 0 radical (unpaired) electrons. The highest BCUT2D eigenvalue weighted by atomic mass is 16.5. The smallest absolute Gasteiger partial charge is 0.163 e. The highest BCUT2D eigenvalue weighted by Gasteiger charge is 2.33. The lowest BCUT2D eigenvalue weighted by molar-refractivity contribution is 0.0563. The molecule has 1 heterocycles. The van der Waals surface area contributed by atoms with Gasteiger partial charge in [0.25, 0.3) is 0 Å². The predicted octanol–water partition coefficient (Wildman–Crippen LogP) is 3.94. The monoisotopic (exact) mass is 310 g/mol. The van der Waals surface area contributed by atoms with Crippen LogP contribution in [0.3, 0.4) is 0 Å². The standard InChI is InChI=1S/C18H22N4O/c1-12-7-15(10-18(2,3)9-12)23-14-6-4-5-13(8-14)17-16(11-19)20-22-21-17/h4-6,8,12,15H,7,9-10H2,1-3H3,(H,20,21,22)/t12-,15?/m1/s1. The summed E-state index contributed by atoms with van der Waals surface area (Å²) < 4.78 is 6.23. The van der Waals surface area contributed by atoms with E-state index >= 15 is 0 Å². The van der Waals surface area contributed by atoms with Crippen LogP contribution in [0.4, 0.5) is 0 Å². The normalized spacial score (nSPS) is 23.2. The number of hydrogen-bond acceptors (Lipinski definition) is 4. The van der Waals surface area contributed by atoms with Crippen molar-refractivity contribution in [2.24, 2.45) is 11.3 Å². The Morgan fingerprint density at radius 1 is 1.35 bits per heavy atom. The molecule has 1 N–H and O–H groups in total. The van der Waals surface area contributed by atoms with Crippen molar-refractivity contribution in [2.45, 2.75) is 46.1 Å². The Kier molecular flexibility index (Phi) is 4.08. The predicted molar refractivity (Wildman–Crippen MR) is 87.7 cm³/mol. The molecule has 23 heavy (non-hydrogen) atoms. The maximum atomic E-state index is 9.09. The molecule has 3 rings (SSSR count). The van der Waals surface area contributed by atoms with E-state index in [1.54, 1.807) is 0 Å². The number of hydrogen-bond donors (Lipinski definition) is 1. The Morgan fingerprint density at radius 3 is 2.91 bits per heavy atom. The molecule has 0 aliphatic heterocycles. The lowest BCUT2D eigenvalue weighted by Crippen LogP contribution is -2.34. The number of aromatic nitrogens is 3. The fourth-order valence-electron chi connectivity index (χ4n) is 3.77. The molecule has 1 aromatic heterocycles. The van der Waals surface area contributed by atoms with Crippen LogP contribution in [0.25, 0.3) is 11.3 Å².